The van der Waals surface area contributed by atoms with Crippen LogP contribution in [0.2, 0.25) is 0 Å². The largest absolute Gasteiger partial charge is 0.375 e. The van der Waals surface area contributed by atoms with Gasteiger partial charge in [0, 0.05) is 5.92 Å². The Labute approximate surface area is 86.1 Å². The van der Waals surface area contributed by atoms with E-state index in [1.165, 1.54) is 18.4 Å². The van der Waals surface area contributed by atoms with Crippen LogP contribution in [0.3, 0.4) is 0 Å². The van der Waals surface area contributed by atoms with E-state index in [-0.39, 0.29) is 0 Å². The zero-order valence-corrected chi connectivity index (χ0v) is 8.94. The fraction of sp³-hybridized carbons (Fsp3) is 0.538. The van der Waals surface area contributed by atoms with Gasteiger partial charge in [-0.05, 0) is 32.3 Å². The van der Waals surface area contributed by atoms with Crippen molar-refractivity contribution in [3.8, 4) is 0 Å². The Hall–Kier alpha value is -0.820. The Bertz CT molecular complexity index is 279. The first kappa shape index (κ1) is 9.72. The first-order valence-corrected chi connectivity index (χ1v) is 5.48. The van der Waals surface area contributed by atoms with Gasteiger partial charge in [-0.2, -0.15) is 0 Å². The van der Waals surface area contributed by atoms with Crippen LogP contribution in [0.1, 0.15) is 38.2 Å². The van der Waals surface area contributed by atoms with E-state index in [0.29, 0.717) is 18.1 Å². The van der Waals surface area contributed by atoms with Crippen LogP contribution in [-0.4, -0.2) is 12.2 Å². The maximum absolute atomic E-state index is 5.85. The van der Waals surface area contributed by atoms with Gasteiger partial charge in [-0.15, -0.1) is 0 Å². The average molecular weight is 190 g/mol. The standard InChI is InChI=1S/C13H18O/c1-10(2)14-13-9-8-12(13)11-6-4-3-5-7-11/h3-7,10,12-13H,8-9H2,1-2H3. The van der Waals surface area contributed by atoms with Crippen molar-refractivity contribution in [2.75, 3.05) is 0 Å². The minimum absolute atomic E-state index is 0.353. The van der Waals surface area contributed by atoms with Gasteiger partial charge in [0.25, 0.3) is 0 Å². The normalized spacial score (nSPS) is 26.2. The molecule has 0 aromatic heterocycles. The monoisotopic (exact) mass is 190 g/mol. The predicted octanol–water partition coefficient (Wildman–Crippen LogP) is 3.36. The van der Waals surface area contributed by atoms with E-state index in [1.807, 2.05) is 0 Å². The van der Waals surface area contributed by atoms with Crippen LogP contribution in [0.4, 0.5) is 0 Å². The molecule has 1 heteroatoms. The maximum Gasteiger partial charge on any atom is 0.0647 e. The van der Waals surface area contributed by atoms with E-state index in [1.54, 1.807) is 0 Å². The second-order valence-electron chi connectivity index (χ2n) is 4.32. The summed E-state index contributed by atoms with van der Waals surface area (Å²) in [6.07, 6.45) is 3.31. The predicted molar refractivity (Wildman–Crippen MR) is 58.4 cm³/mol. The highest BCUT2D eigenvalue weighted by Gasteiger charge is 2.33. The summed E-state index contributed by atoms with van der Waals surface area (Å²) in [5.41, 5.74) is 1.43. The summed E-state index contributed by atoms with van der Waals surface area (Å²) in [7, 11) is 0. The van der Waals surface area contributed by atoms with E-state index in [9.17, 15) is 0 Å². The lowest BCUT2D eigenvalue weighted by molar-refractivity contribution is -0.0511. The van der Waals surface area contributed by atoms with Crippen molar-refractivity contribution in [3.63, 3.8) is 0 Å². The summed E-state index contributed by atoms with van der Waals surface area (Å²) in [5.74, 6) is 0.638. The number of hydrogen-bond acceptors (Lipinski definition) is 1. The topological polar surface area (TPSA) is 9.23 Å². The molecule has 0 radical (unpaired) electrons. The van der Waals surface area contributed by atoms with E-state index in [4.69, 9.17) is 4.74 Å². The van der Waals surface area contributed by atoms with Crippen molar-refractivity contribution in [1.82, 2.24) is 0 Å². The highest BCUT2D eigenvalue weighted by atomic mass is 16.5. The number of hydrogen-bond donors (Lipinski definition) is 0. The zero-order chi connectivity index (χ0) is 9.97. The molecule has 2 atom stereocenters. The Balaban J connectivity index is 2.00. The molecule has 1 saturated carbocycles. The fourth-order valence-electron chi connectivity index (χ4n) is 2.06. The second kappa shape index (κ2) is 4.14. The number of ether oxygens (including phenoxy) is 1. The first-order chi connectivity index (χ1) is 6.77. The molecule has 76 valence electrons. The van der Waals surface area contributed by atoms with Crippen LogP contribution in [0.25, 0.3) is 0 Å². The minimum atomic E-state index is 0.353. The molecule has 0 saturated heterocycles. The minimum Gasteiger partial charge on any atom is -0.375 e. The molecule has 0 spiro atoms. The van der Waals surface area contributed by atoms with Crippen molar-refractivity contribution in [2.45, 2.75) is 44.8 Å². The third kappa shape index (κ3) is 1.98. The average Bonchev–Trinajstić information content (AvgIpc) is 2.14. The second-order valence-corrected chi connectivity index (χ2v) is 4.32. The van der Waals surface area contributed by atoms with Crippen molar-refractivity contribution in [3.05, 3.63) is 35.9 Å². The number of rotatable bonds is 3. The molecule has 2 unspecified atom stereocenters. The lowest BCUT2D eigenvalue weighted by Gasteiger charge is -2.38. The van der Waals surface area contributed by atoms with Crippen molar-refractivity contribution < 1.29 is 4.74 Å². The molecule has 1 aromatic rings. The van der Waals surface area contributed by atoms with Crippen molar-refractivity contribution >= 4 is 0 Å². The van der Waals surface area contributed by atoms with Gasteiger partial charge < -0.3 is 4.74 Å². The van der Waals surface area contributed by atoms with Crippen LogP contribution >= 0.6 is 0 Å². The molecule has 0 heterocycles. The lowest BCUT2D eigenvalue weighted by Crippen LogP contribution is -2.34. The summed E-state index contributed by atoms with van der Waals surface area (Å²) in [5, 5.41) is 0. The quantitative estimate of drug-likeness (QED) is 0.710. The summed E-state index contributed by atoms with van der Waals surface area (Å²) in [4.78, 5) is 0. The van der Waals surface area contributed by atoms with Gasteiger partial charge >= 0.3 is 0 Å². The molecule has 1 fully saturated rings. The van der Waals surface area contributed by atoms with Gasteiger partial charge in [-0.25, -0.2) is 0 Å². The Kier molecular flexibility index (Phi) is 2.87. The SMILES string of the molecule is CC(C)OC1CCC1c1ccccc1. The van der Waals surface area contributed by atoms with E-state index in [0.717, 1.165) is 0 Å². The molecule has 0 N–H and O–H groups in total. The summed E-state index contributed by atoms with van der Waals surface area (Å²) >= 11 is 0. The van der Waals surface area contributed by atoms with Gasteiger partial charge in [0.2, 0.25) is 0 Å². The summed E-state index contributed by atoms with van der Waals surface area (Å²) in [6, 6.07) is 10.7. The van der Waals surface area contributed by atoms with Gasteiger partial charge in [-0.3, -0.25) is 0 Å². The van der Waals surface area contributed by atoms with Gasteiger partial charge in [-0.1, -0.05) is 30.3 Å². The molecule has 2 rings (SSSR count). The fourth-order valence-corrected chi connectivity index (χ4v) is 2.06. The highest BCUT2D eigenvalue weighted by Crippen LogP contribution is 2.39. The van der Waals surface area contributed by atoms with Crippen molar-refractivity contribution in [2.24, 2.45) is 0 Å². The van der Waals surface area contributed by atoms with Crippen LogP contribution in [0.5, 0.6) is 0 Å². The lowest BCUT2D eigenvalue weighted by atomic mass is 9.77. The molecule has 0 aliphatic heterocycles. The molecule has 14 heavy (non-hydrogen) atoms. The van der Waals surface area contributed by atoms with Gasteiger partial charge in [0.15, 0.2) is 0 Å². The van der Waals surface area contributed by atoms with E-state index < -0.39 is 0 Å². The third-order valence-electron chi connectivity index (χ3n) is 2.89. The molecule has 0 bridgehead atoms. The molecule has 1 aromatic carbocycles. The number of benzene rings is 1. The molecular weight excluding hydrogens is 172 g/mol. The Morgan fingerprint density at radius 2 is 1.86 bits per heavy atom. The molecule has 1 nitrogen and oxygen atoms in total. The Morgan fingerprint density at radius 3 is 2.36 bits per heavy atom. The molecule has 1 aliphatic carbocycles. The van der Waals surface area contributed by atoms with Crippen LogP contribution in [0, 0.1) is 0 Å². The summed E-state index contributed by atoms with van der Waals surface area (Å²) in [6.45, 7) is 4.22. The molecule has 0 amide bonds. The molecule has 1 aliphatic rings. The Morgan fingerprint density at radius 1 is 1.14 bits per heavy atom. The van der Waals surface area contributed by atoms with Crippen LogP contribution in [0.15, 0.2) is 30.3 Å². The maximum atomic E-state index is 5.85. The van der Waals surface area contributed by atoms with Crippen molar-refractivity contribution in [1.29, 1.82) is 0 Å². The van der Waals surface area contributed by atoms with Crippen LogP contribution < -0.4 is 0 Å². The van der Waals surface area contributed by atoms with E-state index >= 15 is 0 Å². The van der Waals surface area contributed by atoms with Crippen LogP contribution in [-0.2, 0) is 4.74 Å². The van der Waals surface area contributed by atoms with Gasteiger partial charge in [0.1, 0.15) is 0 Å². The smallest absolute Gasteiger partial charge is 0.0647 e. The zero-order valence-electron chi connectivity index (χ0n) is 8.94. The first-order valence-electron chi connectivity index (χ1n) is 5.48. The van der Waals surface area contributed by atoms with Gasteiger partial charge in [0.05, 0.1) is 12.2 Å². The third-order valence-corrected chi connectivity index (χ3v) is 2.89. The molecular formula is C13H18O. The highest BCUT2D eigenvalue weighted by molar-refractivity contribution is 5.23. The van der Waals surface area contributed by atoms with E-state index in [2.05, 4.69) is 44.2 Å². The summed E-state index contributed by atoms with van der Waals surface area (Å²) < 4.78 is 5.85.